The molecule has 1 aliphatic carbocycles. The molecule has 0 aromatic carbocycles. The van der Waals surface area contributed by atoms with Crippen molar-refractivity contribution in [3.8, 4) is 10.7 Å². The molecule has 0 aliphatic heterocycles. The van der Waals surface area contributed by atoms with Gasteiger partial charge in [0.1, 0.15) is 0 Å². The number of aryl methyl sites for hydroxylation is 1. The van der Waals surface area contributed by atoms with Crippen molar-refractivity contribution in [3.63, 3.8) is 0 Å². The number of carbonyl (C=O) groups excluding carboxylic acids is 1. The number of nitrogens with one attached hydrogen (secondary N) is 1. The minimum atomic E-state index is -0.213. The number of nitrogens with zero attached hydrogens (tertiary/aromatic N) is 3. The molecule has 1 N–H and O–H groups in total. The summed E-state index contributed by atoms with van der Waals surface area (Å²) in [5.41, 5.74) is 1.28. The van der Waals surface area contributed by atoms with Crippen molar-refractivity contribution in [1.82, 2.24) is 20.1 Å². The maximum Gasteiger partial charge on any atom is 0.230 e. The molecule has 1 atom stereocenters. The summed E-state index contributed by atoms with van der Waals surface area (Å²) in [5, 5.41) is 12.4. The second-order valence-electron chi connectivity index (χ2n) is 8.03. The van der Waals surface area contributed by atoms with E-state index >= 15 is 0 Å². The highest BCUT2D eigenvalue weighted by Gasteiger charge is 2.23. The molecule has 2 aromatic heterocycles. The Balaban J connectivity index is 1.70. The minimum absolute atomic E-state index is 0.0178. The van der Waals surface area contributed by atoms with Gasteiger partial charge in [-0.2, -0.15) is 0 Å². The summed E-state index contributed by atoms with van der Waals surface area (Å²) in [7, 11) is 1.98. The van der Waals surface area contributed by atoms with Gasteiger partial charge in [-0.25, -0.2) is 0 Å². The Bertz CT molecular complexity index is 788. The van der Waals surface area contributed by atoms with Gasteiger partial charge in [0.2, 0.25) is 5.91 Å². The fourth-order valence-corrected chi connectivity index (χ4v) is 5.24. The van der Waals surface area contributed by atoms with Gasteiger partial charge in [0.05, 0.1) is 10.6 Å². The Morgan fingerprint density at radius 3 is 2.88 bits per heavy atom. The van der Waals surface area contributed by atoms with E-state index in [9.17, 15) is 4.79 Å². The second-order valence-corrected chi connectivity index (χ2v) is 10.1. The van der Waals surface area contributed by atoms with E-state index < -0.39 is 0 Å². The first-order chi connectivity index (χ1) is 12.3. The highest BCUT2D eigenvalue weighted by molar-refractivity contribution is 7.99. The zero-order valence-electron chi connectivity index (χ0n) is 16.3. The Hall–Kier alpha value is -1.34. The first-order valence-corrected chi connectivity index (χ1v) is 11.0. The molecule has 0 saturated heterocycles. The monoisotopic (exact) mass is 392 g/mol. The Morgan fingerprint density at radius 1 is 1.42 bits per heavy atom. The summed E-state index contributed by atoms with van der Waals surface area (Å²) < 4.78 is 2.00. The summed E-state index contributed by atoms with van der Waals surface area (Å²) >= 11 is 3.28. The molecule has 0 radical (unpaired) electrons. The number of rotatable bonds is 5. The van der Waals surface area contributed by atoms with Crippen molar-refractivity contribution in [2.45, 2.75) is 64.1 Å². The number of thiophene rings is 1. The largest absolute Gasteiger partial charge is 0.351 e. The molecule has 0 fully saturated rings. The standard InChI is InChI=1S/C19H28N4OS2/c1-6-12-7-8-14-13(9-12)10-15(26-14)17-21-22-18(23(17)5)25-11-16(24)20-19(2,3)4/h10,12H,6-9,11H2,1-5H3,(H,20,24)/t12-/m1/s1. The SMILES string of the molecule is CC[C@@H]1CCc2sc(-c3nnc(SCC(=O)NC(C)(C)C)n3C)cc2C1. The van der Waals surface area contributed by atoms with Crippen LogP contribution in [-0.4, -0.2) is 32.0 Å². The van der Waals surface area contributed by atoms with Gasteiger partial charge in [-0.15, -0.1) is 21.5 Å². The van der Waals surface area contributed by atoms with E-state index in [0.717, 1.165) is 16.9 Å². The number of aromatic nitrogens is 3. The summed E-state index contributed by atoms with van der Waals surface area (Å²) in [6, 6.07) is 2.30. The van der Waals surface area contributed by atoms with Crippen molar-refractivity contribution < 1.29 is 4.79 Å². The van der Waals surface area contributed by atoms with Crippen molar-refractivity contribution in [1.29, 1.82) is 0 Å². The van der Waals surface area contributed by atoms with Crippen molar-refractivity contribution >= 4 is 29.0 Å². The van der Waals surface area contributed by atoms with Gasteiger partial charge in [-0.1, -0.05) is 25.1 Å². The molecule has 3 rings (SSSR count). The quantitative estimate of drug-likeness (QED) is 0.780. The molecule has 5 nitrogen and oxygen atoms in total. The number of hydrogen-bond acceptors (Lipinski definition) is 5. The van der Waals surface area contributed by atoms with Crippen molar-refractivity contribution in [2.75, 3.05) is 5.75 Å². The van der Waals surface area contributed by atoms with Gasteiger partial charge in [0.25, 0.3) is 0 Å². The molecule has 0 unspecified atom stereocenters. The summed E-state index contributed by atoms with van der Waals surface area (Å²) in [4.78, 5) is 14.7. The normalized spacial score (nSPS) is 17.2. The maximum atomic E-state index is 12.0. The van der Waals surface area contributed by atoms with E-state index in [1.165, 1.54) is 52.8 Å². The van der Waals surface area contributed by atoms with Crippen LogP contribution in [0, 0.1) is 5.92 Å². The lowest BCUT2D eigenvalue weighted by Crippen LogP contribution is -2.41. The highest BCUT2D eigenvalue weighted by Crippen LogP contribution is 2.37. The fraction of sp³-hybridized carbons (Fsp3) is 0.632. The van der Waals surface area contributed by atoms with E-state index in [0.29, 0.717) is 5.75 Å². The Labute approximate surface area is 164 Å². The van der Waals surface area contributed by atoms with Gasteiger partial charge in [0.15, 0.2) is 11.0 Å². The van der Waals surface area contributed by atoms with Gasteiger partial charge in [-0.3, -0.25) is 4.79 Å². The molecule has 0 saturated carbocycles. The second kappa shape index (κ2) is 7.72. The van der Waals surface area contributed by atoms with Crippen LogP contribution in [0.3, 0.4) is 0 Å². The van der Waals surface area contributed by atoms with Crippen LogP contribution in [0.4, 0.5) is 0 Å². The number of thioether (sulfide) groups is 1. The molecule has 2 heterocycles. The Morgan fingerprint density at radius 2 is 2.19 bits per heavy atom. The van der Waals surface area contributed by atoms with Crippen LogP contribution in [0.2, 0.25) is 0 Å². The van der Waals surface area contributed by atoms with Crippen LogP contribution in [0.1, 0.15) is 51.0 Å². The van der Waals surface area contributed by atoms with Gasteiger partial charge in [-0.05, 0) is 57.6 Å². The Kier molecular flexibility index (Phi) is 5.77. The lowest BCUT2D eigenvalue weighted by Gasteiger charge is -2.20. The lowest BCUT2D eigenvalue weighted by molar-refractivity contribution is -0.119. The van der Waals surface area contributed by atoms with Crippen LogP contribution in [0.25, 0.3) is 10.7 Å². The number of fused-ring (bicyclic) bond motifs is 1. The first kappa shape index (κ1) is 19.4. The summed E-state index contributed by atoms with van der Waals surface area (Å²) in [5.74, 6) is 2.08. The molecular weight excluding hydrogens is 364 g/mol. The van der Waals surface area contributed by atoms with Crippen LogP contribution in [0.5, 0.6) is 0 Å². The van der Waals surface area contributed by atoms with Crippen LogP contribution in [0.15, 0.2) is 11.2 Å². The molecule has 7 heteroatoms. The fourth-order valence-electron chi connectivity index (χ4n) is 3.30. The van der Waals surface area contributed by atoms with Crippen LogP contribution < -0.4 is 5.32 Å². The van der Waals surface area contributed by atoms with Gasteiger partial charge >= 0.3 is 0 Å². The third kappa shape index (κ3) is 4.49. The minimum Gasteiger partial charge on any atom is -0.351 e. The van der Waals surface area contributed by atoms with Crippen molar-refractivity contribution in [2.24, 2.45) is 13.0 Å². The van der Waals surface area contributed by atoms with E-state index in [2.05, 4.69) is 28.5 Å². The summed E-state index contributed by atoms with van der Waals surface area (Å²) in [6.45, 7) is 8.23. The molecule has 2 aromatic rings. The predicted octanol–water partition coefficient (Wildman–Crippen LogP) is 4.07. The third-order valence-electron chi connectivity index (χ3n) is 4.66. The predicted molar refractivity (Wildman–Crippen MR) is 109 cm³/mol. The number of hydrogen-bond donors (Lipinski definition) is 1. The first-order valence-electron chi connectivity index (χ1n) is 9.22. The highest BCUT2D eigenvalue weighted by atomic mass is 32.2. The molecule has 142 valence electrons. The average molecular weight is 393 g/mol. The van der Waals surface area contributed by atoms with E-state index in [4.69, 9.17) is 0 Å². The number of carbonyl (C=O) groups is 1. The van der Waals surface area contributed by atoms with Crippen LogP contribution in [-0.2, 0) is 24.7 Å². The van der Waals surface area contributed by atoms with Crippen molar-refractivity contribution in [3.05, 3.63) is 16.5 Å². The summed E-state index contributed by atoms with van der Waals surface area (Å²) in [6.07, 6.45) is 4.93. The third-order valence-corrected chi connectivity index (χ3v) is 6.92. The van der Waals surface area contributed by atoms with E-state index in [1.807, 2.05) is 43.7 Å². The maximum absolute atomic E-state index is 12.0. The van der Waals surface area contributed by atoms with Crippen LogP contribution >= 0.6 is 23.1 Å². The molecule has 26 heavy (non-hydrogen) atoms. The molecule has 1 amide bonds. The number of amides is 1. The smallest absolute Gasteiger partial charge is 0.230 e. The van der Waals surface area contributed by atoms with Gasteiger partial charge in [0, 0.05) is 17.5 Å². The average Bonchev–Trinajstić information content (AvgIpc) is 3.13. The topological polar surface area (TPSA) is 59.8 Å². The molecule has 1 aliphatic rings. The zero-order chi connectivity index (χ0) is 18.9. The molecule has 0 spiro atoms. The van der Waals surface area contributed by atoms with E-state index in [1.54, 1.807) is 0 Å². The molecular formula is C19H28N4OS2. The zero-order valence-corrected chi connectivity index (χ0v) is 17.9. The van der Waals surface area contributed by atoms with Gasteiger partial charge < -0.3 is 9.88 Å². The van der Waals surface area contributed by atoms with E-state index in [-0.39, 0.29) is 11.4 Å². The lowest BCUT2D eigenvalue weighted by atomic mass is 9.87. The molecule has 0 bridgehead atoms.